The number of rotatable bonds is 6. The van der Waals surface area contributed by atoms with Gasteiger partial charge in [-0.25, -0.2) is 0 Å². The van der Waals surface area contributed by atoms with Crippen LogP contribution in [0.4, 0.5) is 5.69 Å². The number of nitrogens with one attached hydrogen (secondary N) is 1. The topological polar surface area (TPSA) is 51.2 Å². The number of aromatic nitrogens is 1. The Morgan fingerprint density at radius 1 is 1.11 bits per heavy atom. The smallest absolute Gasteiger partial charge is 0.235 e. The molecule has 0 atom stereocenters. The average molecular weight is 393 g/mol. The molecular weight excluding hydrogens is 372 g/mol. The molecule has 0 radical (unpaired) electrons. The van der Waals surface area contributed by atoms with Crippen LogP contribution in [-0.4, -0.2) is 10.9 Å². The van der Waals surface area contributed by atoms with Crippen molar-refractivity contribution in [3.05, 3.63) is 89.2 Å². The van der Waals surface area contributed by atoms with Crippen LogP contribution < -0.4 is 10.1 Å². The van der Waals surface area contributed by atoms with Crippen LogP contribution in [0.3, 0.4) is 0 Å². The van der Waals surface area contributed by atoms with E-state index >= 15 is 0 Å². The Balaban J connectivity index is 1.46. The Hall–Kier alpha value is -2.85. The summed E-state index contributed by atoms with van der Waals surface area (Å²) in [7, 11) is 0. The van der Waals surface area contributed by atoms with Gasteiger partial charge in [-0.05, 0) is 48.7 Å². The number of carbonyl (C=O) groups is 1. The van der Waals surface area contributed by atoms with Crippen molar-refractivity contribution in [2.45, 2.75) is 31.3 Å². The van der Waals surface area contributed by atoms with Crippen molar-refractivity contribution in [3.63, 3.8) is 0 Å². The predicted molar refractivity (Wildman–Crippen MR) is 111 cm³/mol. The first-order chi connectivity index (χ1) is 13.7. The van der Waals surface area contributed by atoms with Crippen LogP contribution in [0.5, 0.6) is 5.75 Å². The summed E-state index contributed by atoms with van der Waals surface area (Å²) in [6, 6.07) is 18.9. The second-order valence-electron chi connectivity index (χ2n) is 7.07. The first kappa shape index (κ1) is 18.5. The van der Waals surface area contributed by atoms with Crippen LogP contribution in [0.15, 0.2) is 73.1 Å². The predicted octanol–water partition coefficient (Wildman–Crippen LogP) is 5.37. The molecule has 1 aliphatic carbocycles. The minimum atomic E-state index is -0.475. The summed E-state index contributed by atoms with van der Waals surface area (Å²) >= 11 is 6.01. The third kappa shape index (κ3) is 3.87. The molecule has 1 heterocycles. The van der Waals surface area contributed by atoms with Gasteiger partial charge in [0.15, 0.2) is 0 Å². The molecule has 0 unspecified atom stereocenters. The molecule has 5 heteroatoms. The fourth-order valence-corrected chi connectivity index (χ4v) is 3.64. The van der Waals surface area contributed by atoms with Crippen molar-refractivity contribution in [2.24, 2.45) is 0 Å². The standard InChI is InChI=1S/C23H21ClN2O2/c24-19-9-7-18(8-10-19)23(11-3-12-23)22(27)26-20-5-1-6-21(14-20)28-16-17-4-2-13-25-15-17/h1-2,4-10,13-15H,3,11-12,16H2,(H,26,27). The first-order valence-electron chi connectivity index (χ1n) is 9.35. The van der Waals surface area contributed by atoms with E-state index < -0.39 is 5.41 Å². The molecule has 28 heavy (non-hydrogen) atoms. The summed E-state index contributed by atoms with van der Waals surface area (Å²) in [6.07, 6.45) is 6.24. The van der Waals surface area contributed by atoms with Crippen molar-refractivity contribution in [1.29, 1.82) is 0 Å². The lowest BCUT2D eigenvalue weighted by Crippen LogP contribution is -2.45. The fourth-order valence-electron chi connectivity index (χ4n) is 3.51. The summed E-state index contributed by atoms with van der Waals surface area (Å²) in [5.74, 6) is 0.723. The van der Waals surface area contributed by atoms with E-state index in [0.717, 1.165) is 36.1 Å². The minimum absolute atomic E-state index is 0.0190. The first-order valence-corrected chi connectivity index (χ1v) is 9.73. The number of hydrogen-bond donors (Lipinski definition) is 1. The molecule has 4 nitrogen and oxygen atoms in total. The van der Waals surface area contributed by atoms with Gasteiger partial charge in [-0.15, -0.1) is 0 Å². The van der Waals surface area contributed by atoms with Gasteiger partial charge >= 0.3 is 0 Å². The molecule has 0 spiro atoms. The van der Waals surface area contributed by atoms with Crippen LogP contribution in [0.2, 0.25) is 5.02 Å². The van der Waals surface area contributed by atoms with E-state index in [1.807, 2.05) is 60.7 Å². The van der Waals surface area contributed by atoms with Crippen LogP contribution in [-0.2, 0) is 16.8 Å². The van der Waals surface area contributed by atoms with E-state index in [9.17, 15) is 4.79 Å². The maximum atomic E-state index is 13.1. The summed E-state index contributed by atoms with van der Waals surface area (Å²) in [5, 5.41) is 3.75. The molecule has 0 saturated heterocycles. The van der Waals surface area contributed by atoms with Gasteiger partial charge in [0.2, 0.25) is 5.91 Å². The summed E-state index contributed by atoms with van der Waals surface area (Å²) in [6.45, 7) is 0.431. The number of hydrogen-bond acceptors (Lipinski definition) is 3. The monoisotopic (exact) mass is 392 g/mol. The number of halogens is 1. The van der Waals surface area contributed by atoms with Crippen molar-refractivity contribution < 1.29 is 9.53 Å². The summed E-state index contributed by atoms with van der Waals surface area (Å²) in [4.78, 5) is 17.2. The number of nitrogens with zero attached hydrogens (tertiary/aromatic N) is 1. The normalized spacial score (nSPS) is 14.8. The summed E-state index contributed by atoms with van der Waals surface area (Å²) in [5.41, 5.74) is 2.27. The number of amides is 1. The van der Waals surface area contributed by atoms with Gasteiger partial charge in [-0.3, -0.25) is 9.78 Å². The van der Waals surface area contributed by atoms with Crippen LogP contribution in [0, 0.1) is 0 Å². The van der Waals surface area contributed by atoms with Crippen molar-refractivity contribution in [3.8, 4) is 5.75 Å². The highest BCUT2D eigenvalue weighted by molar-refractivity contribution is 6.30. The van der Waals surface area contributed by atoms with E-state index in [1.54, 1.807) is 12.4 Å². The van der Waals surface area contributed by atoms with Crippen LogP contribution >= 0.6 is 11.6 Å². The largest absolute Gasteiger partial charge is 0.489 e. The zero-order valence-corrected chi connectivity index (χ0v) is 16.2. The van der Waals surface area contributed by atoms with Gasteiger partial charge in [0.1, 0.15) is 12.4 Å². The molecule has 1 N–H and O–H groups in total. The highest BCUT2D eigenvalue weighted by Gasteiger charge is 2.45. The molecule has 1 aliphatic rings. The average Bonchev–Trinajstić information content (AvgIpc) is 2.68. The summed E-state index contributed by atoms with van der Waals surface area (Å²) < 4.78 is 5.83. The van der Waals surface area contributed by atoms with E-state index in [4.69, 9.17) is 16.3 Å². The van der Waals surface area contributed by atoms with Gasteiger partial charge < -0.3 is 10.1 Å². The molecule has 0 bridgehead atoms. The minimum Gasteiger partial charge on any atom is -0.489 e. The second kappa shape index (κ2) is 8.03. The third-order valence-electron chi connectivity index (χ3n) is 5.26. The van der Waals surface area contributed by atoms with E-state index in [-0.39, 0.29) is 5.91 Å². The van der Waals surface area contributed by atoms with Gasteiger partial charge in [0.05, 0.1) is 5.41 Å². The van der Waals surface area contributed by atoms with Gasteiger partial charge in [0, 0.05) is 34.7 Å². The lowest BCUT2D eigenvalue weighted by atomic mass is 9.64. The highest BCUT2D eigenvalue weighted by Crippen LogP contribution is 2.45. The number of pyridine rings is 1. The highest BCUT2D eigenvalue weighted by atomic mass is 35.5. The molecule has 1 fully saturated rings. The van der Waals surface area contributed by atoms with E-state index in [1.165, 1.54) is 0 Å². The quantitative estimate of drug-likeness (QED) is 0.613. The molecule has 1 aromatic heterocycles. The van der Waals surface area contributed by atoms with Crippen LogP contribution in [0.25, 0.3) is 0 Å². The molecule has 142 valence electrons. The number of carbonyl (C=O) groups excluding carboxylic acids is 1. The maximum Gasteiger partial charge on any atom is 0.235 e. The molecule has 0 aliphatic heterocycles. The fraction of sp³-hybridized carbons (Fsp3) is 0.217. The van der Waals surface area contributed by atoms with Crippen molar-refractivity contribution in [1.82, 2.24) is 4.98 Å². The third-order valence-corrected chi connectivity index (χ3v) is 5.51. The van der Waals surface area contributed by atoms with Gasteiger partial charge in [0.25, 0.3) is 0 Å². The number of benzene rings is 2. The van der Waals surface area contributed by atoms with Crippen molar-refractivity contribution >= 4 is 23.2 Å². The second-order valence-corrected chi connectivity index (χ2v) is 7.51. The number of anilines is 1. The van der Waals surface area contributed by atoms with E-state index in [0.29, 0.717) is 17.4 Å². The zero-order chi connectivity index (χ0) is 19.4. The zero-order valence-electron chi connectivity index (χ0n) is 15.4. The Labute approximate surface area is 169 Å². The van der Waals surface area contributed by atoms with E-state index in [2.05, 4.69) is 10.3 Å². The Bertz CT molecular complexity index is 954. The molecule has 2 aromatic carbocycles. The SMILES string of the molecule is O=C(Nc1cccc(OCc2cccnc2)c1)C1(c2ccc(Cl)cc2)CCC1. The van der Waals surface area contributed by atoms with Gasteiger partial charge in [-0.1, -0.05) is 42.3 Å². The molecule has 1 saturated carbocycles. The van der Waals surface area contributed by atoms with Crippen molar-refractivity contribution in [2.75, 3.05) is 5.32 Å². The molecule has 1 amide bonds. The Kier molecular flexibility index (Phi) is 5.31. The van der Waals surface area contributed by atoms with Gasteiger partial charge in [-0.2, -0.15) is 0 Å². The molecule has 4 rings (SSSR count). The van der Waals surface area contributed by atoms with Crippen LogP contribution in [0.1, 0.15) is 30.4 Å². The molecule has 3 aromatic rings. The Morgan fingerprint density at radius 3 is 2.61 bits per heavy atom. The molecular formula is C23H21ClN2O2. The maximum absolute atomic E-state index is 13.1. The lowest BCUT2D eigenvalue weighted by Gasteiger charge is -2.40. The number of ether oxygens (including phenoxy) is 1. The Morgan fingerprint density at radius 2 is 1.93 bits per heavy atom. The lowest BCUT2D eigenvalue weighted by molar-refractivity contribution is -0.124.